The van der Waals surface area contributed by atoms with E-state index in [1.165, 1.54) is 0 Å². The van der Waals surface area contributed by atoms with Crippen LogP contribution < -0.4 is 10.2 Å². The molecule has 0 aromatic heterocycles. The molecular formula is C32H36F2N6O3. The van der Waals surface area contributed by atoms with Crippen molar-refractivity contribution in [1.29, 1.82) is 0 Å². The summed E-state index contributed by atoms with van der Waals surface area (Å²) in [5.74, 6) is -2.59. The van der Waals surface area contributed by atoms with Gasteiger partial charge in [-0.25, -0.2) is 13.6 Å². The largest absolute Gasteiger partial charge is 0.377 e. The first-order chi connectivity index (χ1) is 20.7. The topological polar surface area (TPSA) is 79.4 Å². The molecule has 0 unspecified atom stereocenters. The van der Waals surface area contributed by atoms with Gasteiger partial charge in [-0.05, 0) is 29.2 Å². The maximum atomic E-state index is 14.4. The number of anilines is 1. The normalized spacial score (nSPS) is 18.5. The summed E-state index contributed by atoms with van der Waals surface area (Å²) in [5.41, 5.74) is 2.44. The second kappa shape index (κ2) is 12.8. The number of nitrogens with zero attached hydrogens (tertiary/aromatic N) is 5. The molecule has 3 aromatic carbocycles. The molecule has 2 saturated heterocycles. The van der Waals surface area contributed by atoms with Gasteiger partial charge in [0, 0.05) is 45.5 Å². The van der Waals surface area contributed by atoms with Crippen LogP contribution in [0.15, 0.2) is 72.8 Å². The van der Waals surface area contributed by atoms with E-state index in [1.54, 1.807) is 63.1 Å². The number of benzene rings is 3. The summed E-state index contributed by atoms with van der Waals surface area (Å²) in [6, 6.07) is 19.5. The Bertz CT molecular complexity index is 1470. The van der Waals surface area contributed by atoms with Crippen molar-refractivity contribution < 1.29 is 23.2 Å². The first-order valence-corrected chi connectivity index (χ1v) is 14.4. The van der Waals surface area contributed by atoms with Crippen molar-refractivity contribution in [3.63, 3.8) is 0 Å². The molecule has 1 N–H and O–H groups in total. The molecule has 2 atom stereocenters. The molecule has 2 fully saturated rings. The number of hydrogen-bond acceptors (Lipinski definition) is 5. The highest BCUT2D eigenvalue weighted by Gasteiger charge is 2.52. The smallest absolute Gasteiger partial charge is 0.332 e. The average molecular weight is 591 g/mol. The van der Waals surface area contributed by atoms with Crippen LogP contribution in [0.1, 0.15) is 36.1 Å². The van der Waals surface area contributed by atoms with Crippen LogP contribution in [0, 0.1) is 11.6 Å². The van der Waals surface area contributed by atoms with Gasteiger partial charge in [0.15, 0.2) is 11.6 Å². The number of piperazine rings is 1. The fraction of sp³-hybridized carbons (Fsp3) is 0.344. The minimum atomic E-state index is -1.01. The monoisotopic (exact) mass is 590 g/mol. The molecule has 0 spiro atoms. The lowest BCUT2D eigenvalue weighted by atomic mass is 9.99. The number of hydrazine groups is 1. The predicted octanol–water partition coefficient (Wildman–Crippen LogP) is 4.12. The number of urea groups is 1. The zero-order chi connectivity index (χ0) is 30.7. The molecule has 3 aromatic rings. The van der Waals surface area contributed by atoms with E-state index < -0.39 is 23.8 Å². The van der Waals surface area contributed by atoms with E-state index in [0.29, 0.717) is 36.3 Å². The predicted molar refractivity (Wildman–Crippen MR) is 158 cm³/mol. The fourth-order valence-electron chi connectivity index (χ4n) is 5.79. The first kappa shape index (κ1) is 30.0. The van der Waals surface area contributed by atoms with Gasteiger partial charge in [-0.15, -0.1) is 0 Å². The van der Waals surface area contributed by atoms with E-state index in [-0.39, 0.29) is 37.5 Å². The highest BCUT2D eigenvalue weighted by atomic mass is 19.2. The van der Waals surface area contributed by atoms with Crippen molar-refractivity contribution in [2.45, 2.75) is 38.6 Å². The Morgan fingerprint density at radius 2 is 1.63 bits per heavy atom. The third kappa shape index (κ3) is 6.17. The van der Waals surface area contributed by atoms with Crippen molar-refractivity contribution >= 4 is 23.5 Å². The van der Waals surface area contributed by atoms with Crippen LogP contribution >= 0.6 is 0 Å². The Labute approximate surface area is 250 Å². The Morgan fingerprint density at radius 3 is 2.28 bits per heavy atom. The number of rotatable bonds is 9. The molecule has 0 radical (unpaired) electrons. The van der Waals surface area contributed by atoms with Crippen molar-refractivity contribution in [2.75, 3.05) is 38.6 Å². The average Bonchev–Trinajstić information content (AvgIpc) is 3.32. The summed E-state index contributed by atoms with van der Waals surface area (Å²) >= 11 is 0. The number of carbonyl (C=O) groups excluding carboxylic acids is 3. The minimum Gasteiger partial charge on any atom is -0.377 e. The second-order valence-corrected chi connectivity index (χ2v) is 11.0. The highest BCUT2D eigenvalue weighted by Crippen LogP contribution is 2.37. The van der Waals surface area contributed by atoms with Crippen LogP contribution in [-0.2, 0) is 22.7 Å². The van der Waals surface area contributed by atoms with Gasteiger partial charge in [0.2, 0.25) is 5.91 Å². The van der Waals surface area contributed by atoms with Gasteiger partial charge in [-0.2, -0.15) is 5.01 Å². The van der Waals surface area contributed by atoms with Crippen LogP contribution in [0.4, 0.5) is 19.3 Å². The summed E-state index contributed by atoms with van der Waals surface area (Å²) in [4.78, 5) is 46.0. The van der Waals surface area contributed by atoms with Gasteiger partial charge in [0.05, 0.1) is 13.1 Å². The number of nitrogens with one attached hydrogen (secondary N) is 1. The van der Waals surface area contributed by atoms with Gasteiger partial charge in [0.1, 0.15) is 12.2 Å². The van der Waals surface area contributed by atoms with Crippen LogP contribution in [0.25, 0.3) is 0 Å². The molecule has 5 rings (SSSR count). The quantitative estimate of drug-likeness (QED) is 0.406. The van der Waals surface area contributed by atoms with Gasteiger partial charge >= 0.3 is 6.03 Å². The molecule has 226 valence electrons. The van der Waals surface area contributed by atoms with Gasteiger partial charge in [-0.1, -0.05) is 67.6 Å². The van der Waals surface area contributed by atoms with E-state index in [2.05, 4.69) is 5.32 Å². The molecule has 0 bridgehead atoms. The number of hydrogen-bond donors (Lipinski definition) is 1. The molecular weight excluding hydrogens is 554 g/mol. The lowest BCUT2D eigenvalue weighted by molar-refractivity contribution is -0.158. The zero-order valence-corrected chi connectivity index (χ0v) is 24.5. The van der Waals surface area contributed by atoms with E-state index in [4.69, 9.17) is 0 Å². The van der Waals surface area contributed by atoms with E-state index in [1.807, 2.05) is 43.3 Å². The maximum Gasteiger partial charge on any atom is 0.332 e. The summed E-state index contributed by atoms with van der Waals surface area (Å²) in [6.45, 7) is 2.61. The summed E-state index contributed by atoms with van der Waals surface area (Å²) < 4.78 is 28.6. The molecule has 2 heterocycles. The van der Waals surface area contributed by atoms with Crippen LogP contribution in [0.3, 0.4) is 0 Å². The molecule has 9 nitrogen and oxygen atoms in total. The van der Waals surface area contributed by atoms with Crippen molar-refractivity contribution in [2.24, 2.45) is 0 Å². The van der Waals surface area contributed by atoms with Crippen molar-refractivity contribution in [1.82, 2.24) is 25.1 Å². The summed E-state index contributed by atoms with van der Waals surface area (Å²) in [6.07, 6.45) is -0.0142. The van der Waals surface area contributed by atoms with Gasteiger partial charge in [-0.3, -0.25) is 14.6 Å². The standard InChI is InChI=1S/C32H36F2N6O3/c1-4-15-38(32(43)35-18-22-11-7-5-8-12-22)39-21-29(41)40-28(39)20-37(31(42)30(40)23-13-9-6-10-14-23)19-24-16-25(33)26(34)17-27(24)36(2)3/h5-14,16-17,28,30H,4,15,18-21H2,1-3H3,(H,35,43)/t28-,30+/m1/s1. The van der Waals surface area contributed by atoms with E-state index in [0.717, 1.165) is 17.7 Å². The second-order valence-electron chi connectivity index (χ2n) is 11.0. The Kier molecular flexibility index (Phi) is 8.91. The first-order valence-electron chi connectivity index (χ1n) is 14.4. The van der Waals surface area contributed by atoms with Gasteiger partial charge in [0.25, 0.3) is 5.91 Å². The molecule has 2 aliphatic heterocycles. The number of fused-ring (bicyclic) bond motifs is 1. The maximum absolute atomic E-state index is 14.4. The number of halogens is 2. The molecule has 11 heteroatoms. The summed E-state index contributed by atoms with van der Waals surface area (Å²) in [5, 5.41) is 6.23. The minimum absolute atomic E-state index is 0.00671. The van der Waals surface area contributed by atoms with Crippen molar-refractivity contribution in [3.8, 4) is 0 Å². The zero-order valence-electron chi connectivity index (χ0n) is 24.5. The van der Waals surface area contributed by atoms with Crippen LogP contribution in [-0.4, -0.2) is 77.6 Å². The Morgan fingerprint density at radius 1 is 0.977 bits per heavy atom. The molecule has 43 heavy (non-hydrogen) atoms. The fourth-order valence-corrected chi connectivity index (χ4v) is 5.79. The molecule has 2 aliphatic rings. The SMILES string of the molecule is CCCN(C(=O)NCc1ccccc1)N1CC(=O)N2[C@@H](c3ccccc3)C(=O)N(Cc3cc(F)c(F)cc3N(C)C)C[C@@H]21. The third-order valence-electron chi connectivity index (χ3n) is 7.80. The van der Waals surface area contributed by atoms with E-state index in [9.17, 15) is 23.2 Å². The van der Waals surface area contributed by atoms with Crippen LogP contribution in [0.5, 0.6) is 0 Å². The number of amides is 4. The Hall–Kier alpha value is -4.51. The lowest BCUT2D eigenvalue weighted by Crippen LogP contribution is -2.62. The Balaban J connectivity index is 1.49. The van der Waals surface area contributed by atoms with Gasteiger partial charge < -0.3 is 20.0 Å². The molecule has 0 saturated carbocycles. The summed E-state index contributed by atoms with van der Waals surface area (Å²) in [7, 11) is 3.44. The van der Waals surface area contributed by atoms with Crippen LogP contribution in [0.2, 0.25) is 0 Å². The number of carbonyl (C=O) groups is 3. The lowest BCUT2D eigenvalue weighted by Gasteiger charge is -2.46. The third-order valence-corrected chi connectivity index (χ3v) is 7.80. The van der Waals surface area contributed by atoms with E-state index >= 15 is 0 Å². The molecule has 4 amide bonds. The van der Waals surface area contributed by atoms with Crippen molar-refractivity contribution in [3.05, 3.63) is 101 Å². The molecule has 0 aliphatic carbocycles. The highest BCUT2D eigenvalue weighted by molar-refractivity contribution is 5.92.